The monoisotopic (exact) mass is 576 g/mol. The summed E-state index contributed by atoms with van der Waals surface area (Å²) in [6.07, 6.45) is 0. The topological polar surface area (TPSA) is 3.24 Å². The third-order valence-electron chi connectivity index (χ3n) is 8.01. The highest BCUT2D eigenvalue weighted by Gasteiger charge is 2.37. The summed E-state index contributed by atoms with van der Waals surface area (Å²) in [5.41, 5.74) is -7.98. The summed E-state index contributed by atoms with van der Waals surface area (Å²) in [5.74, 6) is 0. The van der Waals surface area contributed by atoms with Crippen LogP contribution in [0.5, 0.6) is 0 Å². The molecule has 2 aliphatic rings. The molecule has 0 N–H and O–H groups in total. The Morgan fingerprint density at radius 2 is 0.791 bits per heavy atom. The molecule has 43 heavy (non-hydrogen) atoms. The Morgan fingerprint density at radius 3 is 1.30 bits per heavy atom. The molecule has 0 fully saturated rings. The highest BCUT2D eigenvalue weighted by Crippen LogP contribution is 2.53. The molecule has 0 radical (unpaired) electrons. The lowest BCUT2D eigenvalue weighted by atomic mass is 9.82. The van der Waals surface area contributed by atoms with Crippen molar-refractivity contribution in [3.05, 3.63) is 161 Å². The largest absolute Gasteiger partial charge is 0.310 e. The van der Waals surface area contributed by atoms with Crippen LogP contribution >= 0.6 is 0 Å². The van der Waals surface area contributed by atoms with Crippen molar-refractivity contribution in [2.75, 3.05) is 4.90 Å². The Hall–Kier alpha value is -4.88. The van der Waals surface area contributed by atoms with Crippen LogP contribution in [0.25, 0.3) is 33.4 Å². The maximum absolute atomic E-state index is 9.91. The van der Waals surface area contributed by atoms with E-state index in [4.69, 9.17) is 17.8 Å². The number of fused-ring (bicyclic) bond motifs is 6. The highest BCUT2D eigenvalue weighted by molar-refractivity contribution is 5.88. The second kappa shape index (κ2) is 9.31. The fourth-order valence-electron chi connectivity index (χ4n) is 5.77. The van der Waals surface area contributed by atoms with Crippen LogP contribution in [0.2, 0.25) is 0 Å². The number of nitrogens with zero attached hydrogens (tertiary/aromatic N) is 1. The quantitative estimate of drug-likeness (QED) is 0.202. The standard InChI is InChI=1S/C42H35N/c1-41(2)37-16-10-8-14-33(37)35-24-22-31(26-39(35)41)43(30-20-18-29(19-21-30)28-12-6-5-7-13-28)32-23-25-36-34-15-9-11-17-38(34)42(3,4)40(36)27-32/h5-27H,1-4H3/i5D,6D,7D,8D,9D,10D,11D,12D,13D,14D,15D,16D,17D,18D,19D,20D,21D,22D,23D,24D,25D,26D,27D. The van der Waals surface area contributed by atoms with Gasteiger partial charge in [-0.1, -0.05) is 130 Å². The summed E-state index contributed by atoms with van der Waals surface area (Å²) in [7, 11) is 0. The first-order valence-corrected chi connectivity index (χ1v) is 13.4. The maximum Gasteiger partial charge on any atom is 0.0648 e. The summed E-state index contributed by atoms with van der Waals surface area (Å²) >= 11 is 0. The van der Waals surface area contributed by atoms with Crippen LogP contribution in [0.4, 0.5) is 17.1 Å². The lowest BCUT2D eigenvalue weighted by Crippen LogP contribution is -2.18. The van der Waals surface area contributed by atoms with Gasteiger partial charge in [-0.3, -0.25) is 0 Å². The zero-order chi connectivity index (χ0) is 49.4. The Morgan fingerprint density at radius 1 is 0.395 bits per heavy atom. The van der Waals surface area contributed by atoms with Gasteiger partial charge in [-0.15, -0.1) is 0 Å². The van der Waals surface area contributed by atoms with Crippen molar-refractivity contribution in [1.29, 1.82) is 0 Å². The van der Waals surface area contributed by atoms with Gasteiger partial charge in [0.2, 0.25) is 0 Å². The van der Waals surface area contributed by atoms with Crippen LogP contribution in [0.1, 0.15) is 81.5 Å². The summed E-state index contributed by atoms with van der Waals surface area (Å²) < 4.78 is 206. The Bertz CT molecular complexity index is 3090. The molecule has 2 aliphatic carbocycles. The van der Waals surface area contributed by atoms with Crippen molar-refractivity contribution >= 4 is 17.1 Å². The van der Waals surface area contributed by atoms with Crippen LogP contribution < -0.4 is 4.90 Å². The predicted molar refractivity (Wildman–Crippen MR) is 182 cm³/mol. The molecular weight excluding hydrogens is 518 g/mol. The molecule has 6 aromatic rings. The van der Waals surface area contributed by atoms with Crippen LogP contribution in [-0.2, 0) is 10.8 Å². The molecule has 0 aliphatic heterocycles. The van der Waals surface area contributed by atoms with Crippen molar-refractivity contribution in [3.63, 3.8) is 0 Å². The van der Waals surface area contributed by atoms with E-state index in [1.54, 1.807) is 0 Å². The first kappa shape index (κ1) is 11.3. The summed E-state index contributed by atoms with van der Waals surface area (Å²) in [4.78, 5) is 0.681. The van der Waals surface area contributed by atoms with Crippen LogP contribution in [0, 0.1) is 0 Å². The molecule has 6 aromatic carbocycles. The second-order valence-electron chi connectivity index (χ2n) is 11.3. The number of rotatable bonds is 4. The molecule has 0 saturated carbocycles. The Balaban J connectivity index is 1.58. The molecule has 8 rings (SSSR count). The normalized spacial score (nSPS) is 22.4. The van der Waals surface area contributed by atoms with Gasteiger partial charge in [0.25, 0.3) is 0 Å². The van der Waals surface area contributed by atoms with Crippen LogP contribution in [0.3, 0.4) is 0 Å². The average molecular weight is 577 g/mol. The van der Waals surface area contributed by atoms with Crippen molar-refractivity contribution in [1.82, 2.24) is 0 Å². The minimum Gasteiger partial charge on any atom is -0.310 e. The predicted octanol–water partition coefficient (Wildman–Crippen LogP) is 11.4. The molecular formula is C42H35N. The summed E-state index contributed by atoms with van der Waals surface area (Å²) in [5, 5.41) is 0. The molecule has 0 aromatic heterocycles. The van der Waals surface area contributed by atoms with Gasteiger partial charge in [0, 0.05) is 27.9 Å². The second-order valence-corrected chi connectivity index (χ2v) is 11.3. The number of hydrogen-bond donors (Lipinski definition) is 0. The molecule has 0 unspecified atom stereocenters. The molecule has 0 bridgehead atoms. The third kappa shape index (κ3) is 3.85. The van der Waals surface area contributed by atoms with Gasteiger partial charge < -0.3 is 4.90 Å². The van der Waals surface area contributed by atoms with E-state index < -0.39 is 178 Å². The van der Waals surface area contributed by atoms with Gasteiger partial charge >= 0.3 is 0 Å². The first-order valence-electron chi connectivity index (χ1n) is 24.9. The molecule has 1 heteroatoms. The van der Waals surface area contributed by atoms with Crippen LogP contribution in [-0.4, -0.2) is 0 Å². The van der Waals surface area contributed by atoms with E-state index in [1.807, 2.05) is 0 Å². The molecule has 1 nitrogen and oxygen atoms in total. The zero-order valence-electron chi connectivity index (χ0n) is 46.4. The molecule has 0 saturated heterocycles. The molecule has 208 valence electrons. The van der Waals surface area contributed by atoms with Gasteiger partial charge in [0.15, 0.2) is 0 Å². The van der Waals surface area contributed by atoms with E-state index >= 15 is 0 Å². The molecule has 0 heterocycles. The molecule has 0 spiro atoms. The average Bonchev–Trinajstić information content (AvgIpc) is 3.67. The lowest BCUT2D eigenvalue weighted by molar-refractivity contribution is 0.660. The first-order chi connectivity index (χ1) is 30.4. The number of hydrogen-bond acceptors (Lipinski definition) is 1. The fraction of sp³-hybridized carbons (Fsp3) is 0.143. The van der Waals surface area contributed by atoms with Crippen molar-refractivity contribution in [3.8, 4) is 33.4 Å². The van der Waals surface area contributed by atoms with Gasteiger partial charge in [0.1, 0.15) is 0 Å². The van der Waals surface area contributed by atoms with E-state index in [0.717, 1.165) is 0 Å². The van der Waals surface area contributed by atoms with Crippen molar-refractivity contribution in [2.24, 2.45) is 0 Å². The zero-order valence-corrected chi connectivity index (χ0v) is 23.4. The lowest BCUT2D eigenvalue weighted by Gasteiger charge is -2.30. The smallest absolute Gasteiger partial charge is 0.0648 e. The van der Waals surface area contributed by atoms with Crippen molar-refractivity contribution < 1.29 is 31.5 Å². The van der Waals surface area contributed by atoms with Gasteiger partial charge in [-0.25, -0.2) is 0 Å². The van der Waals surface area contributed by atoms with Gasteiger partial charge in [-0.05, 0) is 91.9 Å². The third-order valence-corrected chi connectivity index (χ3v) is 8.01. The number of benzene rings is 6. The Kier molecular flexibility index (Phi) is 2.45. The van der Waals surface area contributed by atoms with E-state index in [2.05, 4.69) is 0 Å². The Labute approximate surface area is 287 Å². The van der Waals surface area contributed by atoms with Crippen LogP contribution in [0.15, 0.2) is 139 Å². The minimum atomic E-state index is -1.55. The van der Waals surface area contributed by atoms with E-state index in [1.165, 1.54) is 27.7 Å². The molecule has 0 atom stereocenters. The van der Waals surface area contributed by atoms with E-state index in [-0.39, 0.29) is 44.5 Å². The van der Waals surface area contributed by atoms with E-state index in [9.17, 15) is 13.7 Å². The number of anilines is 3. The summed E-state index contributed by atoms with van der Waals surface area (Å²) in [6.45, 7) is 6.05. The van der Waals surface area contributed by atoms with Gasteiger partial charge in [-0.2, -0.15) is 0 Å². The highest BCUT2D eigenvalue weighted by atomic mass is 15.1. The fourth-order valence-corrected chi connectivity index (χ4v) is 5.77. The van der Waals surface area contributed by atoms with Crippen molar-refractivity contribution in [2.45, 2.75) is 38.5 Å². The molecule has 0 amide bonds. The van der Waals surface area contributed by atoms with E-state index in [0.29, 0.717) is 4.90 Å². The minimum absolute atomic E-state index is 0.0198. The van der Waals surface area contributed by atoms with Gasteiger partial charge in [0.05, 0.1) is 31.5 Å². The summed E-state index contributed by atoms with van der Waals surface area (Å²) in [6, 6.07) is -17.6. The maximum atomic E-state index is 9.91. The SMILES string of the molecule is [2H]c1c([2H])c([2H])c(-c2c([2H])c([2H])c(N(c3c([2H])c([2H])c4c(c3[2H])C(C)(C)c3c([2H])c([2H])c([2H])c([2H])c3-4)c3c([2H])c([2H])c4c(c3[2H])C(C)(C)c3c([2H])c([2H])c([2H])c([2H])c3-4)c([2H])c2[2H])c([2H])c1[2H].